The van der Waals surface area contributed by atoms with Crippen LogP contribution in [0.15, 0.2) is 36.5 Å². The van der Waals surface area contributed by atoms with Crippen molar-refractivity contribution in [1.29, 1.82) is 0 Å². The fourth-order valence-electron chi connectivity index (χ4n) is 3.07. The molecule has 1 aromatic heterocycles. The zero-order valence-corrected chi connectivity index (χ0v) is 16.0. The fraction of sp³-hybridized carbons (Fsp3) is 0.450. The number of amides is 1. The van der Waals surface area contributed by atoms with E-state index in [9.17, 15) is 4.79 Å². The molecule has 0 spiro atoms. The second-order valence-electron chi connectivity index (χ2n) is 7.78. The Morgan fingerprint density at radius 2 is 1.77 bits per heavy atom. The van der Waals surface area contributed by atoms with Crippen LogP contribution in [0.2, 0.25) is 0 Å². The monoisotopic (exact) mass is 353 g/mol. The lowest BCUT2D eigenvalue weighted by molar-refractivity contribution is 0.102. The van der Waals surface area contributed by atoms with E-state index in [1.54, 1.807) is 12.3 Å². The number of carbonyl (C=O) groups excluding carboxylic acids is 1. The molecule has 26 heavy (non-hydrogen) atoms. The lowest BCUT2D eigenvalue weighted by atomic mass is 9.86. The number of hydrogen-bond donors (Lipinski definition) is 1. The molecule has 0 saturated carbocycles. The Labute approximate surface area is 155 Å². The molecular weight excluding hydrogens is 326 g/mol. The number of carbonyl (C=O) groups is 1. The summed E-state index contributed by atoms with van der Waals surface area (Å²) in [5.74, 6) is 0.411. The van der Waals surface area contributed by atoms with E-state index in [1.807, 2.05) is 24.3 Å². The first-order chi connectivity index (χ1) is 12.3. The third-order valence-electron chi connectivity index (χ3n) is 4.64. The minimum absolute atomic E-state index is 0.0550. The molecule has 1 aromatic carbocycles. The maximum Gasteiger partial charge on any atom is 0.274 e. The summed E-state index contributed by atoms with van der Waals surface area (Å²) in [5.41, 5.74) is 2.25. The number of rotatable bonds is 3. The van der Waals surface area contributed by atoms with E-state index >= 15 is 0 Å². The number of anilines is 2. The highest BCUT2D eigenvalue weighted by Crippen LogP contribution is 2.29. The predicted octanol–water partition coefficient (Wildman–Crippen LogP) is 2.78. The van der Waals surface area contributed by atoms with Crippen molar-refractivity contribution in [3.8, 4) is 0 Å². The van der Waals surface area contributed by atoms with Gasteiger partial charge in [-0.3, -0.25) is 4.79 Å². The van der Waals surface area contributed by atoms with E-state index in [0.29, 0.717) is 11.6 Å². The lowest BCUT2D eigenvalue weighted by Gasteiger charge is -2.32. The summed E-state index contributed by atoms with van der Waals surface area (Å²) >= 11 is 0. The molecule has 2 aromatic rings. The summed E-state index contributed by atoms with van der Waals surface area (Å²) in [5, 5.41) is 3.01. The molecule has 0 aliphatic carbocycles. The average molecular weight is 353 g/mol. The number of piperazine rings is 1. The van der Waals surface area contributed by atoms with E-state index in [0.717, 1.165) is 37.4 Å². The molecule has 3 rings (SSSR count). The van der Waals surface area contributed by atoms with Crippen LogP contribution in [-0.4, -0.2) is 54.0 Å². The van der Waals surface area contributed by atoms with Gasteiger partial charge in [0.25, 0.3) is 5.91 Å². The summed E-state index contributed by atoms with van der Waals surface area (Å²) in [7, 11) is 2.11. The van der Waals surface area contributed by atoms with Gasteiger partial charge in [-0.05, 0) is 30.2 Å². The summed E-state index contributed by atoms with van der Waals surface area (Å²) < 4.78 is 0. The molecule has 1 saturated heterocycles. The molecule has 0 atom stereocenters. The molecule has 138 valence electrons. The summed E-state index contributed by atoms with van der Waals surface area (Å²) in [4.78, 5) is 26.0. The van der Waals surface area contributed by atoms with E-state index in [2.05, 4.69) is 52.9 Å². The van der Waals surface area contributed by atoms with Gasteiger partial charge in [0.2, 0.25) is 5.95 Å². The molecule has 1 amide bonds. The highest BCUT2D eigenvalue weighted by Gasteiger charge is 2.21. The van der Waals surface area contributed by atoms with Gasteiger partial charge in [0.05, 0.1) is 0 Å². The maximum absolute atomic E-state index is 12.8. The third kappa shape index (κ3) is 4.19. The summed E-state index contributed by atoms with van der Waals surface area (Å²) in [6.07, 6.45) is 1.66. The Bertz CT molecular complexity index is 776. The number of para-hydroxylation sites is 1. The Morgan fingerprint density at radius 1 is 1.08 bits per heavy atom. The minimum atomic E-state index is -0.209. The lowest BCUT2D eigenvalue weighted by Crippen LogP contribution is -2.45. The van der Waals surface area contributed by atoms with Crippen LogP contribution in [0.1, 0.15) is 36.8 Å². The second kappa shape index (κ2) is 7.41. The Balaban J connectivity index is 1.78. The van der Waals surface area contributed by atoms with Crippen molar-refractivity contribution in [3.63, 3.8) is 0 Å². The first-order valence-electron chi connectivity index (χ1n) is 9.02. The highest BCUT2D eigenvalue weighted by atomic mass is 16.1. The van der Waals surface area contributed by atoms with Crippen molar-refractivity contribution in [3.05, 3.63) is 47.8 Å². The topological polar surface area (TPSA) is 61.4 Å². The molecule has 6 heteroatoms. The van der Waals surface area contributed by atoms with Crippen molar-refractivity contribution in [2.24, 2.45) is 0 Å². The van der Waals surface area contributed by atoms with Crippen molar-refractivity contribution in [2.75, 3.05) is 43.4 Å². The smallest absolute Gasteiger partial charge is 0.274 e. The van der Waals surface area contributed by atoms with Gasteiger partial charge >= 0.3 is 0 Å². The maximum atomic E-state index is 12.8. The van der Waals surface area contributed by atoms with Gasteiger partial charge < -0.3 is 15.1 Å². The van der Waals surface area contributed by atoms with Crippen LogP contribution in [0.3, 0.4) is 0 Å². The van der Waals surface area contributed by atoms with Gasteiger partial charge in [0, 0.05) is 38.1 Å². The van der Waals surface area contributed by atoms with E-state index in [4.69, 9.17) is 0 Å². The van der Waals surface area contributed by atoms with Crippen LogP contribution in [0.4, 0.5) is 11.6 Å². The Hall–Kier alpha value is -2.47. The first-order valence-corrected chi connectivity index (χ1v) is 9.02. The van der Waals surface area contributed by atoms with Crippen molar-refractivity contribution >= 4 is 17.5 Å². The zero-order chi connectivity index (χ0) is 18.7. The Morgan fingerprint density at radius 3 is 2.46 bits per heavy atom. The van der Waals surface area contributed by atoms with Crippen molar-refractivity contribution in [1.82, 2.24) is 14.9 Å². The van der Waals surface area contributed by atoms with Gasteiger partial charge in [-0.25, -0.2) is 9.97 Å². The molecule has 6 nitrogen and oxygen atoms in total. The second-order valence-corrected chi connectivity index (χ2v) is 7.78. The molecule has 1 aliphatic rings. The number of likely N-dealkylation sites (N-methyl/N-ethyl adjacent to an activating group) is 1. The van der Waals surface area contributed by atoms with Crippen molar-refractivity contribution in [2.45, 2.75) is 26.2 Å². The number of nitrogens with zero attached hydrogens (tertiary/aromatic N) is 4. The van der Waals surface area contributed by atoms with E-state index in [-0.39, 0.29) is 11.3 Å². The van der Waals surface area contributed by atoms with Crippen LogP contribution in [0.5, 0.6) is 0 Å². The SMILES string of the molecule is CN1CCN(c2nccc(C(=O)Nc3ccccc3C(C)(C)C)n2)CC1. The largest absolute Gasteiger partial charge is 0.338 e. The fourth-order valence-corrected chi connectivity index (χ4v) is 3.07. The predicted molar refractivity (Wildman–Crippen MR) is 105 cm³/mol. The van der Waals surface area contributed by atoms with Crippen LogP contribution < -0.4 is 10.2 Å². The standard InChI is InChI=1S/C20H27N5O/c1-20(2,3)15-7-5-6-8-16(15)22-18(26)17-9-10-21-19(23-17)25-13-11-24(4)12-14-25/h5-10H,11-14H2,1-4H3,(H,22,26). The van der Waals surface area contributed by atoms with E-state index < -0.39 is 0 Å². The van der Waals surface area contributed by atoms with Gasteiger partial charge in [0.15, 0.2) is 0 Å². The minimum Gasteiger partial charge on any atom is -0.338 e. The van der Waals surface area contributed by atoms with Gasteiger partial charge in [-0.2, -0.15) is 0 Å². The van der Waals surface area contributed by atoms with Gasteiger partial charge in [0.1, 0.15) is 5.69 Å². The van der Waals surface area contributed by atoms with E-state index in [1.165, 1.54) is 0 Å². The third-order valence-corrected chi connectivity index (χ3v) is 4.64. The van der Waals surface area contributed by atoms with Crippen LogP contribution in [-0.2, 0) is 5.41 Å². The molecule has 1 fully saturated rings. The molecule has 0 bridgehead atoms. The van der Waals surface area contributed by atoms with Gasteiger partial charge in [-0.1, -0.05) is 39.0 Å². The summed E-state index contributed by atoms with van der Waals surface area (Å²) in [6.45, 7) is 10.1. The number of aromatic nitrogens is 2. The molecule has 0 unspecified atom stereocenters. The zero-order valence-electron chi connectivity index (χ0n) is 16.0. The number of benzene rings is 1. The Kier molecular flexibility index (Phi) is 5.23. The highest BCUT2D eigenvalue weighted by molar-refractivity contribution is 6.03. The van der Waals surface area contributed by atoms with Crippen molar-refractivity contribution < 1.29 is 4.79 Å². The van der Waals surface area contributed by atoms with Crippen LogP contribution >= 0.6 is 0 Å². The van der Waals surface area contributed by atoms with Gasteiger partial charge in [-0.15, -0.1) is 0 Å². The van der Waals surface area contributed by atoms with Crippen LogP contribution in [0, 0.1) is 0 Å². The number of nitrogens with one attached hydrogen (secondary N) is 1. The normalized spacial score (nSPS) is 15.8. The molecule has 1 aliphatic heterocycles. The molecular formula is C20H27N5O. The molecule has 2 heterocycles. The average Bonchev–Trinajstić information content (AvgIpc) is 2.62. The summed E-state index contributed by atoms with van der Waals surface area (Å²) in [6, 6.07) is 9.56. The van der Waals surface area contributed by atoms with Crippen LogP contribution in [0.25, 0.3) is 0 Å². The first kappa shape index (κ1) is 18.3. The quantitative estimate of drug-likeness (QED) is 0.919. The molecule has 1 N–H and O–H groups in total. The molecule has 0 radical (unpaired) electrons. The number of hydrogen-bond acceptors (Lipinski definition) is 5.